The van der Waals surface area contributed by atoms with Gasteiger partial charge in [-0.15, -0.1) is 0 Å². The van der Waals surface area contributed by atoms with E-state index in [0.717, 1.165) is 0 Å². The lowest BCUT2D eigenvalue weighted by Crippen LogP contribution is -2.22. The highest BCUT2D eigenvalue weighted by molar-refractivity contribution is 6.33. The van der Waals surface area contributed by atoms with E-state index in [1.54, 1.807) is 0 Å². The van der Waals surface area contributed by atoms with E-state index in [1.807, 2.05) is 0 Å². The molecule has 2 unspecified atom stereocenters. The van der Waals surface area contributed by atoms with Crippen LogP contribution in [0.15, 0.2) is 18.2 Å². The third kappa shape index (κ3) is 3.59. The van der Waals surface area contributed by atoms with Crippen LogP contribution >= 0.6 is 11.6 Å². The number of hydrogen-bond donors (Lipinski definition) is 3. The number of nitrogen functional groups attached to an aromatic ring is 1. The molecule has 0 saturated carbocycles. The Balaban J connectivity index is 2.77. The Bertz CT molecular complexity index is 410. The van der Waals surface area contributed by atoms with Crippen LogP contribution in [0.5, 0.6) is 0 Å². The molecule has 4 N–H and O–H groups in total. The second-order valence-electron chi connectivity index (χ2n) is 3.57. The fourth-order valence-electron chi connectivity index (χ4n) is 1.33. The van der Waals surface area contributed by atoms with Crippen LogP contribution in [0.1, 0.15) is 18.1 Å². The largest absolute Gasteiger partial charge is 0.469 e. The number of carbonyl (C=O) groups excluding carboxylic acids is 1. The van der Waals surface area contributed by atoms with E-state index in [-0.39, 0.29) is 6.42 Å². The van der Waals surface area contributed by atoms with Crippen LogP contribution in [0.2, 0.25) is 5.02 Å². The number of anilines is 1. The molecule has 0 radical (unpaired) electrons. The van der Waals surface area contributed by atoms with Gasteiger partial charge in [0.2, 0.25) is 0 Å². The van der Waals surface area contributed by atoms with Crippen molar-refractivity contribution in [1.82, 2.24) is 0 Å². The topological polar surface area (TPSA) is 92.8 Å². The average molecular weight is 260 g/mol. The van der Waals surface area contributed by atoms with Gasteiger partial charge in [0.1, 0.15) is 6.10 Å². The lowest BCUT2D eigenvalue weighted by Gasteiger charge is -2.17. The Morgan fingerprint density at radius 2 is 2.18 bits per heavy atom. The van der Waals surface area contributed by atoms with Gasteiger partial charge in [-0.1, -0.05) is 17.7 Å². The first-order chi connectivity index (χ1) is 7.95. The molecule has 0 fully saturated rings. The van der Waals surface area contributed by atoms with Gasteiger partial charge in [-0.05, 0) is 17.7 Å². The van der Waals surface area contributed by atoms with Crippen LogP contribution in [0.25, 0.3) is 0 Å². The minimum atomic E-state index is -1.25. The van der Waals surface area contributed by atoms with E-state index in [1.165, 1.54) is 25.3 Å². The normalized spacial score (nSPS) is 14.1. The van der Waals surface area contributed by atoms with E-state index in [0.29, 0.717) is 16.3 Å². The molecule has 1 aromatic carbocycles. The van der Waals surface area contributed by atoms with Crippen molar-refractivity contribution in [3.63, 3.8) is 0 Å². The first-order valence-corrected chi connectivity index (χ1v) is 5.31. The molecule has 0 aliphatic heterocycles. The highest BCUT2D eigenvalue weighted by Gasteiger charge is 2.22. The summed E-state index contributed by atoms with van der Waals surface area (Å²) in [5.74, 6) is -0.599. The van der Waals surface area contributed by atoms with E-state index in [9.17, 15) is 15.0 Å². The van der Waals surface area contributed by atoms with Crippen LogP contribution in [-0.4, -0.2) is 29.4 Å². The van der Waals surface area contributed by atoms with E-state index in [4.69, 9.17) is 17.3 Å². The van der Waals surface area contributed by atoms with Gasteiger partial charge in [-0.2, -0.15) is 0 Å². The fourth-order valence-corrected chi connectivity index (χ4v) is 1.45. The molecule has 0 bridgehead atoms. The molecule has 1 rings (SSSR count). The zero-order chi connectivity index (χ0) is 13.0. The van der Waals surface area contributed by atoms with Crippen molar-refractivity contribution < 1.29 is 19.7 Å². The van der Waals surface area contributed by atoms with Gasteiger partial charge in [-0.25, -0.2) is 0 Å². The number of methoxy groups -OCH3 is 1. The summed E-state index contributed by atoms with van der Waals surface area (Å²) in [5, 5.41) is 19.8. The highest BCUT2D eigenvalue weighted by atomic mass is 35.5. The van der Waals surface area contributed by atoms with Gasteiger partial charge in [0, 0.05) is 0 Å². The van der Waals surface area contributed by atoms with Gasteiger partial charge in [0.25, 0.3) is 0 Å². The summed E-state index contributed by atoms with van der Waals surface area (Å²) in [6.07, 6.45) is -2.75. The number of carbonyl (C=O) groups is 1. The van der Waals surface area contributed by atoms with Gasteiger partial charge in [0.05, 0.1) is 30.3 Å². The molecule has 0 amide bonds. The Morgan fingerprint density at radius 3 is 2.71 bits per heavy atom. The predicted molar refractivity (Wildman–Crippen MR) is 63.5 cm³/mol. The lowest BCUT2D eigenvalue weighted by molar-refractivity contribution is -0.144. The molecule has 1 aromatic rings. The minimum absolute atomic E-state index is 0.291. The molecule has 0 aliphatic rings. The molecule has 0 spiro atoms. The summed E-state index contributed by atoms with van der Waals surface area (Å²) in [6.45, 7) is 0. The van der Waals surface area contributed by atoms with Crippen molar-refractivity contribution in [2.75, 3.05) is 12.8 Å². The minimum Gasteiger partial charge on any atom is -0.469 e. The number of rotatable bonds is 4. The number of benzene rings is 1. The zero-order valence-corrected chi connectivity index (χ0v) is 10.0. The maximum atomic E-state index is 10.9. The maximum Gasteiger partial charge on any atom is 0.308 e. The quantitative estimate of drug-likeness (QED) is 0.551. The van der Waals surface area contributed by atoms with Crippen molar-refractivity contribution in [3.8, 4) is 0 Å². The average Bonchev–Trinajstić information content (AvgIpc) is 2.31. The van der Waals surface area contributed by atoms with Crippen molar-refractivity contribution in [1.29, 1.82) is 0 Å². The second kappa shape index (κ2) is 5.86. The van der Waals surface area contributed by atoms with E-state index in [2.05, 4.69) is 4.74 Å². The number of aliphatic hydroxyl groups excluding tert-OH is 2. The molecule has 0 aromatic heterocycles. The Morgan fingerprint density at radius 1 is 1.53 bits per heavy atom. The van der Waals surface area contributed by atoms with Crippen molar-refractivity contribution in [2.24, 2.45) is 0 Å². The molecule has 6 heteroatoms. The number of hydrogen-bond acceptors (Lipinski definition) is 5. The van der Waals surface area contributed by atoms with Crippen LogP contribution in [0.4, 0.5) is 5.69 Å². The number of halogens is 1. The van der Waals surface area contributed by atoms with Crippen molar-refractivity contribution in [2.45, 2.75) is 18.6 Å². The summed E-state index contributed by atoms with van der Waals surface area (Å²) < 4.78 is 4.39. The van der Waals surface area contributed by atoms with Crippen LogP contribution < -0.4 is 5.73 Å². The number of aliphatic hydroxyl groups is 2. The predicted octanol–water partition coefficient (Wildman–Crippen LogP) is 0.880. The standard InChI is InChI=1S/C11H14ClNO4/c1-17-10(15)5-9(14)11(16)6-2-3-7(12)8(13)4-6/h2-4,9,11,14,16H,5,13H2,1H3. The summed E-state index contributed by atoms with van der Waals surface area (Å²) in [7, 11) is 1.21. The van der Waals surface area contributed by atoms with Crippen LogP contribution in [0.3, 0.4) is 0 Å². The third-order valence-electron chi connectivity index (χ3n) is 2.33. The molecule has 0 saturated heterocycles. The number of esters is 1. The molecule has 0 heterocycles. The first-order valence-electron chi connectivity index (χ1n) is 4.93. The Kier molecular flexibility index (Phi) is 4.74. The number of ether oxygens (including phenoxy) is 1. The highest BCUT2D eigenvalue weighted by Crippen LogP contribution is 2.25. The fraction of sp³-hybridized carbons (Fsp3) is 0.364. The SMILES string of the molecule is COC(=O)CC(O)C(O)c1ccc(Cl)c(N)c1. The summed E-state index contributed by atoms with van der Waals surface area (Å²) in [6, 6.07) is 4.50. The second-order valence-corrected chi connectivity index (χ2v) is 3.98. The Hall–Kier alpha value is -1.30. The van der Waals surface area contributed by atoms with E-state index >= 15 is 0 Å². The molecule has 17 heavy (non-hydrogen) atoms. The van der Waals surface area contributed by atoms with Crippen LogP contribution in [-0.2, 0) is 9.53 Å². The van der Waals surface area contributed by atoms with E-state index < -0.39 is 18.2 Å². The van der Waals surface area contributed by atoms with Gasteiger partial charge in [-0.3, -0.25) is 4.79 Å². The smallest absolute Gasteiger partial charge is 0.308 e. The maximum absolute atomic E-state index is 10.9. The summed E-state index contributed by atoms with van der Waals surface area (Å²) in [4.78, 5) is 10.9. The molecular formula is C11H14ClNO4. The molecular weight excluding hydrogens is 246 g/mol. The lowest BCUT2D eigenvalue weighted by atomic mass is 10.0. The summed E-state index contributed by atoms with van der Waals surface area (Å²) >= 11 is 5.73. The van der Waals surface area contributed by atoms with Crippen molar-refractivity contribution in [3.05, 3.63) is 28.8 Å². The first kappa shape index (κ1) is 13.8. The third-order valence-corrected chi connectivity index (χ3v) is 2.67. The molecule has 94 valence electrons. The zero-order valence-electron chi connectivity index (χ0n) is 9.26. The van der Waals surface area contributed by atoms with Crippen LogP contribution in [0, 0.1) is 0 Å². The molecule has 2 atom stereocenters. The van der Waals surface area contributed by atoms with Gasteiger partial charge >= 0.3 is 5.97 Å². The number of nitrogens with two attached hydrogens (primary N) is 1. The van der Waals surface area contributed by atoms with Crippen molar-refractivity contribution >= 4 is 23.3 Å². The van der Waals surface area contributed by atoms with Gasteiger partial charge < -0.3 is 20.7 Å². The molecule has 0 aliphatic carbocycles. The summed E-state index contributed by atoms with van der Waals surface area (Å²) in [5.41, 5.74) is 6.26. The molecule has 5 nitrogen and oxygen atoms in total. The van der Waals surface area contributed by atoms with Gasteiger partial charge in [0.15, 0.2) is 0 Å². The monoisotopic (exact) mass is 259 g/mol. The Labute approximate surface area is 104 Å².